The fourth-order valence-electron chi connectivity index (χ4n) is 4.50. The minimum Gasteiger partial charge on any atom is -0.489 e. The third-order valence-electron chi connectivity index (χ3n) is 6.77. The summed E-state index contributed by atoms with van der Waals surface area (Å²) in [6.45, 7) is 2.66. The zero-order valence-corrected chi connectivity index (χ0v) is 21.7. The lowest BCUT2D eigenvalue weighted by Gasteiger charge is -2.36. The molecule has 2 fully saturated rings. The van der Waals surface area contributed by atoms with Crippen LogP contribution in [-0.4, -0.2) is 53.4 Å². The van der Waals surface area contributed by atoms with Crippen molar-refractivity contribution in [1.82, 2.24) is 10.2 Å². The molecule has 1 aliphatic carbocycles. The predicted octanol–water partition coefficient (Wildman–Crippen LogP) is 4.91. The summed E-state index contributed by atoms with van der Waals surface area (Å²) in [6, 6.07) is 10.4. The second-order valence-corrected chi connectivity index (χ2v) is 11.3. The van der Waals surface area contributed by atoms with Gasteiger partial charge in [-0.2, -0.15) is 0 Å². The molecule has 7 nitrogen and oxygen atoms in total. The SMILES string of the molecule is O=C(NC(CN1CCC1)C(O)c1ccc(OC2CC2)c(Cl)c1)C1=NOCc2c1sc1cc(Cl)ccc21. The molecule has 2 N–H and O–H groups in total. The number of ether oxygens (including phenoxy) is 1. The van der Waals surface area contributed by atoms with Gasteiger partial charge in [-0.1, -0.05) is 40.5 Å². The highest BCUT2D eigenvalue weighted by atomic mass is 35.5. The Bertz CT molecular complexity index is 1350. The molecular formula is C26H25Cl2N3O4S. The molecule has 3 heterocycles. The molecule has 2 unspecified atom stereocenters. The van der Waals surface area contributed by atoms with Crippen LogP contribution < -0.4 is 10.1 Å². The molecule has 3 aromatic rings. The van der Waals surface area contributed by atoms with E-state index in [9.17, 15) is 9.90 Å². The lowest BCUT2D eigenvalue weighted by molar-refractivity contribution is -0.116. The van der Waals surface area contributed by atoms with Crippen molar-refractivity contribution >= 4 is 56.2 Å². The number of aliphatic hydroxyl groups excluding tert-OH is 1. The number of thiophene rings is 1. The number of nitrogens with zero attached hydrogens (tertiary/aromatic N) is 2. The van der Waals surface area contributed by atoms with Crippen LogP contribution in [0.4, 0.5) is 0 Å². The Balaban J connectivity index is 1.24. The fraction of sp³-hybridized carbons (Fsp3) is 0.385. The minimum absolute atomic E-state index is 0.209. The summed E-state index contributed by atoms with van der Waals surface area (Å²) in [7, 11) is 0. The summed E-state index contributed by atoms with van der Waals surface area (Å²) in [5.74, 6) is 0.225. The highest BCUT2D eigenvalue weighted by molar-refractivity contribution is 7.21. The van der Waals surface area contributed by atoms with Crippen molar-refractivity contribution in [3.63, 3.8) is 0 Å². The van der Waals surface area contributed by atoms with Gasteiger partial charge >= 0.3 is 0 Å². The number of likely N-dealkylation sites (tertiary alicyclic amines) is 1. The van der Waals surface area contributed by atoms with E-state index in [2.05, 4.69) is 15.4 Å². The standard InChI is InChI=1S/C26H25Cl2N3O4S/c27-15-3-6-17-18-13-34-30-23(25(18)36-22(17)11-15)26(33)29-20(12-31-8-1-9-31)24(32)14-2-7-21(19(28)10-14)35-16-4-5-16/h2-3,6-7,10-11,16,20,24,32H,1,4-5,8-9,12-13H2,(H,29,33). The van der Waals surface area contributed by atoms with Gasteiger partial charge in [0.2, 0.25) is 0 Å². The summed E-state index contributed by atoms with van der Waals surface area (Å²) in [5, 5.41) is 20.5. The van der Waals surface area contributed by atoms with Crippen molar-refractivity contribution in [2.45, 2.75) is 44.1 Å². The fourth-order valence-corrected chi connectivity index (χ4v) is 6.20. The largest absolute Gasteiger partial charge is 0.489 e. The second kappa shape index (κ2) is 9.84. The number of carbonyl (C=O) groups excluding carboxylic acids is 1. The summed E-state index contributed by atoms with van der Waals surface area (Å²) in [6.07, 6.45) is 2.43. The molecule has 1 saturated carbocycles. The number of benzene rings is 2. The van der Waals surface area contributed by atoms with E-state index in [1.54, 1.807) is 18.2 Å². The highest BCUT2D eigenvalue weighted by Gasteiger charge is 2.33. The predicted molar refractivity (Wildman–Crippen MR) is 141 cm³/mol. The lowest BCUT2D eigenvalue weighted by Crippen LogP contribution is -2.52. The number of oxime groups is 1. The summed E-state index contributed by atoms with van der Waals surface area (Å²) in [4.78, 5) is 21.9. The molecule has 1 saturated heterocycles. The van der Waals surface area contributed by atoms with Crippen molar-refractivity contribution in [1.29, 1.82) is 0 Å². The molecule has 1 aromatic heterocycles. The van der Waals surface area contributed by atoms with Crippen LogP contribution in [0.15, 0.2) is 41.6 Å². The van der Waals surface area contributed by atoms with E-state index in [-0.39, 0.29) is 11.8 Å². The van der Waals surface area contributed by atoms with Gasteiger partial charge < -0.3 is 24.9 Å². The van der Waals surface area contributed by atoms with E-state index < -0.39 is 18.1 Å². The Kier molecular flexibility index (Phi) is 6.56. The molecular weight excluding hydrogens is 521 g/mol. The van der Waals surface area contributed by atoms with Gasteiger partial charge in [0, 0.05) is 21.8 Å². The van der Waals surface area contributed by atoms with E-state index in [0.29, 0.717) is 34.5 Å². The third kappa shape index (κ3) is 4.80. The topological polar surface area (TPSA) is 83.4 Å². The molecule has 1 amide bonds. The molecule has 6 rings (SSSR count). The lowest BCUT2D eigenvalue weighted by atomic mass is 9.99. The van der Waals surface area contributed by atoms with Crippen molar-refractivity contribution in [3.8, 4) is 5.75 Å². The average molecular weight is 546 g/mol. The Labute approximate surface area is 222 Å². The monoisotopic (exact) mass is 545 g/mol. The first-order valence-electron chi connectivity index (χ1n) is 12.0. The van der Waals surface area contributed by atoms with Gasteiger partial charge in [0.05, 0.1) is 22.0 Å². The van der Waals surface area contributed by atoms with Gasteiger partial charge in [-0.05, 0) is 67.6 Å². The van der Waals surface area contributed by atoms with Crippen molar-refractivity contribution in [3.05, 3.63) is 62.4 Å². The molecule has 2 aliphatic heterocycles. The van der Waals surface area contributed by atoms with Crippen LogP contribution in [-0.2, 0) is 16.2 Å². The zero-order valence-electron chi connectivity index (χ0n) is 19.4. The number of carbonyl (C=O) groups is 1. The van der Waals surface area contributed by atoms with Crippen LogP contribution >= 0.6 is 34.5 Å². The molecule has 0 radical (unpaired) electrons. The normalized spacial score (nSPS) is 19.0. The van der Waals surface area contributed by atoms with Gasteiger partial charge in [0.25, 0.3) is 5.91 Å². The zero-order chi connectivity index (χ0) is 24.8. The van der Waals surface area contributed by atoms with Crippen LogP contribution in [0.1, 0.15) is 41.4 Å². The number of rotatable bonds is 8. The smallest absolute Gasteiger partial charge is 0.275 e. The summed E-state index contributed by atoms with van der Waals surface area (Å²) >= 11 is 14.1. The molecule has 3 aliphatic rings. The first-order chi connectivity index (χ1) is 17.5. The minimum atomic E-state index is -0.965. The maximum Gasteiger partial charge on any atom is 0.275 e. The first kappa shape index (κ1) is 24.0. The van der Waals surface area contributed by atoms with Crippen molar-refractivity contribution in [2.75, 3.05) is 19.6 Å². The Morgan fingerprint density at radius 3 is 2.81 bits per heavy atom. The number of nitrogens with one attached hydrogen (secondary N) is 1. The van der Waals surface area contributed by atoms with E-state index >= 15 is 0 Å². The van der Waals surface area contributed by atoms with Gasteiger partial charge in [-0.15, -0.1) is 11.3 Å². The van der Waals surface area contributed by atoms with E-state index in [1.165, 1.54) is 11.3 Å². The average Bonchev–Trinajstić information content (AvgIpc) is 3.58. The van der Waals surface area contributed by atoms with Crippen LogP contribution in [0, 0.1) is 0 Å². The van der Waals surface area contributed by atoms with Crippen molar-refractivity contribution < 1.29 is 19.5 Å². The highest BCUT2D eigenvalue weighted by Crippen LogP contribution is 2.37. The number of amides is 1. The number of hydrogen-bond donors (Lipinski definition) is 2. The first-order valence-corrected chi connectivity index (χ1v) is 13.6. The maximum absolute atomic E-state index is 13.5. The van der Waals surface area contributed by atoms with E-state index in [0.717, 1.165) is 52.9 Å². The van der Waals surface area contributed by atoms with Gasteiger partial charge in [-0.25, -0.2) is 0 Å². The summed E-state index contributed by atoms with van der Waals surface area (Å²) in [5.41, 5.74) is 1.75. The van der Waals surface area contributed by atoms with Crippen LogP contribution in [0.5, 0.6) is 5.75 Å². The second-order valence-electron chi connectivity index (χ2n) is 9.45. The van der Waals surface area contributed by atoms with Crippen LogP contribution in [0.25, 0.3) is 10.1 Å². The van der Waals surface area contributed by atoms with Crippen LogP contribution in [0.3, 0.4) is 0 Å². The number of aliphatic hydroxyl groups is 1. The van der Waals surface area contributed by atoms with Gasteiger partial charge in [0.1, 0.15) is 18.5 Å². The van der Waals surface area contributed by atoms with Gasteiger partial charge in [0.15, 0.2) is 5.71 Å². The summed E-state index contributed by atoms with van der Waals surface area (Å²) < 4.78 is 6.79. The Morgan fingerprint density at radius 1 is 1.25 bits per heavy atom. The molecule has 2 aromatic carbocycles. The van der Waals surface area contributed by atoms with Crippen molar-refractivity contribution in [2.24, 2.45) is 5.16 Å². The van der Waals surface area contributed by atoms with Crippen LogP contribution in [0.2, 0.25) is 10.0 Å². The van der Waals surface area contributed by atoms with E-state index in [1.807, 2.05) is 18.2 Å². The number of halogens is 2. The number of hydrogen-bond acceptors (Lipinski definition) is 7. The molecule has 10 heteroatoms. The quantitative estimate of drug-likeness (QED) is 0.420. The molecule has 0 spiro atoms. The third-order valence-corrected chi connectivity index (χ3v) is 8.50. The Hall–Kier alpha value is -2.36. The Morgan fingerprint density at radius 2 is 2.08 bits per heavy atom. The molecule has 0 bridgehead atoms. The van der Waals surface area contributed by atoms with Gasteiger partial charge in [-0.3, -0.25) is 4.79 Å². The molecule has 188 valence electrons. The maximum atomic E-state index is 13.5. The molecule has 2 atom stereocenters. The molecule has 36 heavy (non-hydrogen) atoms. The number of fused-ring (bicyclic) bond motifs is 3. The van der Waals surface area contributed by atoms with E-state index in [4.69, 9.17) is 32.8 Å².